The first-order valence-electron chi connectivity index (χ1n) is 6.72. The van der Waals surface area contributed by atoms with Gasteiger partial charge in [-0.15, -0.1) is 0 Å². The van der Waals surface area contributed by atoms with Crippen molar-refractivity contribution in [2.24, 2.45) is 0 Å². The fraction of sp³-hybridized carbons (Fsp3) is 0.188. The van der Waals surface area contributed by atoms with Crippen LogP contribution in [0.5, 0.6) is 0 Å². The van der Waals surface area contributed by atoms with E-state index in [0.29, 0.717) is 0 Å². The van der Waals surface area contributed by atoms with Gasteiger partial charge in [0, 0.05) is 26.9 Å². The van der Waals surface area contributed by atoms with Crippen molar-refractivity contribution in [1.82, 2.24) is 0 Å². The summed E-state index contributed by atoms with van der Waals surface area (Å²) in [7, 11) is -3.39. The molecule has 0 radical (unpaired) electrons. The van der Waals surface area contributed by atoms with Crippen LogP contribution in [0.2, 0.25) is 0 Å². The van der Waals surface area contributed by atoms with Gasteiger partial charge in [0.15, 0.2) is 15.6 Å². The summed E-state index contributed by atoms with van der Waals surface area (Å²) in [5.74, 6) is -2.26. The van der Waals surface area contributed by atoms with E-state index >= 15 is 0 Å². The molecule has 2 aromatic rings. The predicted molar refractivity (Wildman–Crippen MR) is 87.1 cm³/mol. The molecule has 0 N–H and O–H groups in total. The van der Waals surface area contributed by atoms with Crippen molar-refractivity contribution in [2.45, 2.75) is 12.7 Å². The van der Waals surface area contributed by atoms with Gasteiger partial charge in [0.05, 0.1) is 5.75 Å². The third kappa shape index (κ3) is 4.23. The van der Waals surface area contributed by atoms with E-state index in [1.165, 1.54) is 25.1 Å². The monoisotopic (exact) mass is 402 g/mol. The van der Waals surface area contributed by atoms with E-state index in [9.17, 15) is 22.0 Å². The summed E-state index contributed by atoms with van der Waals surface area (Å²) < 4.78 is 50.6. The van der Waals surface area contributed by atoms with Crippen molar-refractivity contribution in [1.29, 1.82) is 0 Å². The third-order valence-corrected chi connectivity index (χ3v) is 5.59. The lowest BCUT2D eigenvalue weighted by atomic mass is 10.0. The van der Waals surface area contributed by atoms with Crippen LogP contribution in [-0.2, 0) is 15.6 Å². The lowest BCUT2D eigenvalue weighted by Gasteiger charge is -2.09. The molecule has 2 rings (SSSR count). The smallest absolute Gasteiger partial charge is 0.194 e. The minimum atomic E-state index is -3.39. The summed E-state index contributed by atoms with van der Waals surface area (Å²) in [5.41, 5.74) is 0.251. The maximum atomic E-state index is 14.1. The number of carbonyl (C=O) groups is 1. The summed E-state index contributed by atoms with van der Waals surface area (Å²) >= 11 is 3.17. The molecule has 0 heterocycles. The SMILES string of the molecule is CCS(=O)(=O)Cc1cc(Br)c(C(=O)c2ccc(F)cc2)cc1F. The molecule has 0 aliphatic rings. The topological polar surface area (TPSA) is 51.2 Å². The number of benzene rings is 2. The molecule has 3 nitrogen and oxygen atoms in total. The Morgan fingerprint density at radius 1 is 1.13 bits per heavy atom. The highest BCUT2D eigenvalue weighted by atomic mass is 79.9. The quantitative estimate of drug-likeness (QED) is 0.712. The highest BCUT2D eigenvalue weighted by Crippen LogP contribution is 2.25. The Balaban J connectivity index is 2.40. The Hall–Kier alpha value is -1.60. The van der Waals surface area contributed by atoms with Gasteiger partial charge < -0.3 is 0 Å². The van der Waals surface area contributed by atoms with Crippen LogP contribution in [0.4, 0.5) is 8.78 Å². The lowest BCUT2D eigenvalue weighted by Crippen LogP contribution is -2.10. The Kier molecular flexibility index (Phi) is 5.31. The van der Waals surface area contributed by atoms with Crippen LogP contribution in [0.3, 0.4) is 0 Å². The van der Waals surface area contributed by atoms with Crippen LogP contribution in [0, 0.1) is 11.6 Å². The molecule has 0 saturated heterocycles. The van der Waals surface area contributed by atoms with Gasteiger partial charge in [0.1, 0.15) is 11.6 Å². The molecule has 0 saturated carbocycles. The van der Waals surface area contributed by atoms with Gasteiger partial charge in [0.25, 0.3) is 0 Å². The summed E-state index contributed by atoms with van der Waals surface area (Å²) in [6, 6.07) is 7.17. The van der Waals surface area contributed by atoms with E-state index in [2.05, 4.69) is 15.9 Å². The van der Waals surface area contributed by atoms with Crippen LogP contribution in [0.1, 0.15) is 28.4 Å². The highest BCUT2D eigenvalue weighted by Gasteiger charge is 2.19. The Bertz CT molecular complexity index is 846. The van der Waals surface area contributed by atoms with Crippen molar-refractivity contribution in [3.8, 4) is 0 Å². The number of hydrogen-bond donors (Lipinski definition) is 0. The summed E-state index contributed by atoms with van der Waals surface area (Å²) in [6.07, 6.45) is 0. The number of halogens is 3. The molecule has 23 heavy (non-hydrogen) atoms. The molecule has 0 aliphatic carbocycles. The zero-order valence-corrected chi connectivity index (χ0v) is 14.5. The fourth-order valence-corrected chi connectivity index (χ4v) is 3.44. The molecule has 122 valence electrons. The van der Waals surface area contributed by atoms with Crippen LogP contribution in [0.25, 0.3) is 0 Å². The van der Waals surface area contributed by atoms with Crippen molar-refractivity contribution < 1.29 is 22.0 Å². The van der Waals surface area contributed by atoms with Gasteiger partial charge in [0.2, 0.25) is 0 Å². The zero-order valence-electron chi connectivity index (χ0n) is 12.1. The Labute approximate surface area is 141 Å². The van der Waals surface area contributed by atoms with Crippen LogP contribution in [0.15, 0.2) is 40.9 Å². The normalized spacial score (nSPS) is 11.5. The maximum absolute atomic E-state index is 14.1. The molecule has 0 fully saturated rings. The van der Waals surface area contributed by atoms with Crippen LogP contribution >= 0.6 is 15.9 Å². The Morgan fingerprint density at radius 3 is 2.30 bits per heavy atom. The molecular weight excluding hydrogens is 390 g/mol. The summed E-state index contributed by atoms with van der Waals surface area (Å²) in [6.45, 7) is 1.48. The molecular formula is C16H13BrF2O3S. The first-order valence-corrected chi connectivity index (χ1v) is 9.33. The zero-order chi connectivity index (χ0) is 17.2. The average Bonchev–Trinajstić information content (AvgIpc) is 2.50. The van der Waals surface area contributed by atoms with E-state index in [1.54, 1.807) is 0 Å². The first-order chi connectivity index (χ1) is 10.7. The number of rotatable bonds is 5. The molecule has 0 spiro atoms. The Morgan fingerprint density at radius 2 is 1.74 bits per heavy atom. The molecule has 0 aliphatic heterocycles. The number of ketones is 1. The van der Waals surface area contributed by atoms with Gasteiger partial charge >= 0.3 is 0 Å². The first kappa shape index (κ1) is 17.7. The van der Waals surface area contributed by atoms with Crippen molar-refractivity contribution >= 4 is 31.6 Å². The molecule has 0 aromatic heterocycles. The molecule has 2 aromatic carbocycles. The van der Waals surface area contributed by atoms with Gasteiger partial charge in [-0.25, -0.2) is 17.2 Å². The van der Waals surface area contributed by atoms with Crippen LogP contribution in [-0.4, -0.2) is 20.0 Å². The van der Waals surface area contributed by atoms with E-state index in [0.717, 1.165) is 18.2 Å². The molecule has 7 heteroatoms. The van der Waals surface area contributed by atoms with E-state index in [4.69, 9.17) is 0 Å². The standard InChI is InChI=1S/C16H13BrF2O3S/c1-2-23(21,22)9-11-7-14(17)13(8-15(11)19)16(20)10-3-5-12(18)6-4-10/h3-8H,2,9H2,1H3. The second kappa shape index (κ2) is 6.88. The average molecular weight is 403 g/mol. The minimum Gasteiger partial charge on any atom is -0.289 e. The second-order valence-corrected chi connectivity index (χ2v) is 8.14. The maximum Gasteiger partial charge on any atom is 0.194 e. The third-order valence-electron chi connectivity index (χ3n) is 3.30. The number of sulfone groups is 1. The van der Waals surface area contributed by atoms with E-state index < -0.39 is 33.0 Å². The predicted octanol–water partition coefficient (Wildman–Crippen LogP) is 3.89. The van der Waals surface area contributed by atoms with Gasteiger partial charge in [-0.2, -0.15) is 0 Å². The molecule has 0 unspecified atom stereocenters. The van der Waals surface area contributed by atoms with Crippen molar-refractivity contribution in [2.75, 3.05) is 5.75 Å². The molecule has 0 bridgehead atoms. The number of hydrogen-bond acceptors (Lipinski definition) is 3. The molecule has 0 amide bonds. The van der Waals surface area contributed by atoms with Gasteiger partial charge in [-0.1, -0.05) is 22.9 Å². The minimum absolute atomic E-state index is 0.00520. The molecule has 0 atom stereocenters. The van der Waals surface area contributed by atoms with E-state index in [1.807, 2.05) is 0 Å². The largest absolute Gasteiger partial charge is 0.289 e. The summed E-state index contributed by atoms with van der Waals surface area (Å²) in [4.78, 5) is 12.3. The van der Waals surface area contributed by atoms with Crippen molar-refractivity contribution in [3.05, 3.63) is 69.2 Å². The van der Waals surface area contributed by atoms with Crippen molar-refractivity contribution in [3.63, 3.8) is 0 Å². The number of carbonyl (C=O) groups excluding carboxylic acids is 1. The second-order valence-electron chi connectivity index (χ2n) is 4.94. The fourth-order valence-electron chi connectivity index (χ4n) is 1.97. The van der Waals surface area contributed by atoms with Gasteiger partial charge in [-0.3, -0.25) is 4.79 Å². The summed E-state index contributed by atoms with van der Waals surface area (Å²) in [5, 5.41) is 0. The highest BCUT2D eigenvalue weighted by molar-refractivity contribution is 9.10. The van der Waals surface area contributed by atoms with Crippen LogP contribution < -0.4 is 0 Å². The van der Waals surface area contributed by atoms with E-state index in [-0.39, 0.29) is 26.9 Å². The lowest BCUT2D eigenvalue weighted by molar-refractivity contribution is 0.103. The van der Waals surface area contributed by atoms with Gasteiger partial charge in [-0.05, 0) is 36.4 Å².